The number of carbonyl (C=O) groups excluding carboxylic acids is 1. The highest BCUT2D eigenvalue weighted by atomic mass is 16.4. The Morgan fingerprint density at radius 3 is 2.03 bits per heavy atom. The van der Waals surface area contributed by atoms with Crippen molar-refractivity contribution in [3.63, 3.8) is 0 Å². The van der Waals surface area contributed by atoms with Crippen LogP contribution in [0.5, 0.6) is 0 Å². The van der Waals surface area contributed by atoms with Crippen LogP contribution in [-0.4, -0.2) is 33.0 Å². The Hall–Kier alpha value is -2.89. The molecule has 1 atom stereocenters. The average Bonchev–Trinajstić information content (AvgIpc) is 3.33. The lowest BCUT2D eigenvalue weighted by atomic mass is 10.1. The standard InChI is InChI=1S/C28H43N3O3/c1-2-3-4-5-6-7-8-9-10-11-12-13-14-15-16-17-18-19-20-21-27(32)31-26(28(33)34)22-25-23-29-24-30-25/h6-7,9-10,12-13,15-16,23-24,26H,2-5,8,11,14,17-22H2,1H3,(H,29,30)(H,31,32)(H,33,34)/b7-6-,10-9-,13-12-,16-15-/t26-/m0/s1. The number of amides is 1. The summed E-state index contributed by atoms with van der Waals surface area (Å²) in [6, 6.07) is -0.934. The number of hydrogen-bond acceptors (Lipinski definition) is 3. The van der Waals surface area contributed by atoms with E-state index in [9.17, 15) is 14.7 Å². The van der Waals surface area contributed by atoms with E-state index in [1.54, 1.807) is 6.20 Å². The fourth-order valence-electron chi connectivity index (χ4n) is 3.37. The van der Waals surface area contributed by atoms with Crippen LogP contribution in [0.4, 0.5) is 0 Å². The molecule has 1 heterocycles. The predicted molar refractivity (Wildman–Crippen MR) is 139 cm³/mol. The molecule has 1 rings (SSSR count). The molecule has 0 saturated carbocycles. The van der Waals surface area contributed by atoms with E-state index in [1.807, 2.05) is 0 Å². The van der Waals surface area contributed by atoms with Crippen LogP contribution in [-0.2, 0) is 16.0 Å². The van der Waals surface area contributed by atoms with Gasteiger partial charge >= 0.3 is 5.97 Å². The number of hydrogen-bond donors (Lipinski definition) is 3. The molecule has 0 unspecified atom stereocenters. The van der Waals surface area contributed by atoms with Gasteiger partial charge in [0.25, 0.3) is 0 Å². The molecule has 0 aromatic carbocycles. The van der Waals surface area contributed by atoms with Gasteiger partial charge in [-0.2, -0.15) is 0 Å². The highest BCUT2D eigenvalue weighted by molar-refractivity contribution is 5.83. The van der Waals surface area contributed by atoms with Gasteiger partial charge in [-0.05, 0) is 51.4 Å². The third-order valence-electron chi connectivity index (χ3n) is 5.34. The molecule has 188 valence electrons. The Morgan fingerprint density at radius 1 is 0.912 bits per heavy atom. The van der Waals surface area contributed by atoms with Gasteiger partial charge in [-0.15, -0.1) is 0 Å². The van der Waals surface area contributed by atoms with Gasteiger partial charge in [-0.3, -0.25) is 4.79 Å². The van der Waals surface area contributed by atoms with Crippen LogP contribution in [0.25, 0.3) is 0 Å². The number of nitrogens with one attached hydrogen (secondary N) is 2. The number of imidazole rings is 1. The summed E-state index contributed by atoms with van der Waals surface area (Å²) in [4.78, 5) is 30.1. The van der Waals surface area contributed by atoms with Crippen molar-refractivity contribution in [3.8, 4) is 0 Å². The fourth-order valence-corrected chi connectivity index (χ4v) is 3.37. The van der Waals surface area contributed by atoms with E-state index in [-0.39, 0.29) is 12.3 Å². The molecule has 3 N–H and O–H groups in total. The predicted octanol–water partition coefficient (Wildman–Crippen LogP) is 6.45. The maximum atomic E-state index is 12.0. The number of carboxylic acids is 1. The molecule has 0 saturated heterocycles. The second-order valence-electron chi connectivity index (χ2n) is 8.43. The maximum Gasteiger partial charge on any atom is 0.326 e. The number of carbonyl (C=O) groups is 2. The maximum absolute atomic E-state index is 12.0. The summed E-state index contributed by atoms with van der Waals surface area (Å²) < 4.78 is 0. The quantitative estimate of drug-likeness (QED) is 0.151. The van der Waals surface area contributed by atoms with Crippen LogP contribution in [0.2, 0.25) is 0 Å². The van der Waals surface area contributed by atoms with Crippen LogP contribution in [0.15, 0.2) is 61.1 Å². The van der Waals surface area contributed by atoms with Crippen LogP contribution >= 0.6 is 0 Å². The van der Waals surface area contributed by atoms with Crippen molar-refractivity contribution >= 4 is 11.9 Å². The van der Waals surface area contributed by atoms with E-state index in [0.717, 1.165) is 44.9 Å². The van der Waals surface area contributed by atoms with E-state index in [0.29, 0.717) is 12.1 Å². The molecule has 34 heavy (non-hydrogen) atoms. The van der Waals surface area contributed by atoms with Crippen molar-refractivity contribution in [1.29, 1.82) is 0 Å². The Morgan fingerprint density at radius 2 is 1.50 bits per heavy atom. The summed E-state index contributed by atoms with van der Waals surface area (Å²) in [5, 5.41) is 11.9. The Kier molecular flexibility index (Phi) is 17.7. The van der Waals surface area contributed by atoms with Crippen LogP contribution in [0.1, 0.15) is 89.7 Å². The molecular formula is C28H43N3O3. The molecule has 6 heteroatoms. The Bertz CT molecular complexity index is 764. The minimum Gasteiger partial charge on any atom is -0.480 e. The molecule has 0 fully saturated rings. The van der Waals surface area contributed by atoms with Crippen LogP contribution < -0.4 is 5.32 Å². The number of unbranched alkanes of at least 4 members (excludes halogenated alkanes) is 6. The molecule has 0 aliphatic heterocycles. The van der Waals surface area contributed by atoms with E-state index < -0.39 is 12.0 Å². The first kappa shape index (κ1) is 29.1. The van der Waals surface area contributed by atoms with Gasteiger partial charge in [0.15, 0.2) is 0 Å². The number of aromatic nitrogens is 2. The third-order valence-corrected chi connectivity index (χ3v) is 5.34. The number of carboxylic acid groups (broad SMARTS) is 1. The van der Waals surface area contributed by atoms with Gasteiger partial charge in [0.2, 0.25) is 5.91 Å². The summed E-state index contributed by atoms with van der Waals surface area (Å²) in [5.74, 6) is -1.26. The van der Waals surface area contributed by atoms with Gasteiger partial charge in [0.05, 0.1) is 6.33 Å². The summed E-state index contributed by atoms with van der Waals surface area (Å²) in [7, 11) is 0. The van der Waals surface area contributed by atoms with Crippen molar-refractivity contribution < 1.29 is 14.7 Å². The van der Waals surface area contributed by atoms with Gasteiger partial charge in [0.1, 0.15) is 6.04 Å². The van der Waals surface area contributed by atoms with Crippen molar-refractivity contribution in [1.82, 2.24) is 15.3 Å². The fraction of sp³-hybridized carbons (Fsp3) is 0.536. The zero-order valence-corrected chi connectivity index (χ0v) is 20.8. The molecule has 0 radical (unpaired) electrons. The average molecular weight is 470 g/mol. The molecule has 1 aromatic rings. The summed E-state index contributed by atoms with van der Waals surface area (Å²) in [5.41, 5.74) is 0.687. The minimum absolute atomic E-state index is 0.202. The SMILES string of the molecule is CCCCC/C=C\C/C=C\C/C=C\C/C=C\CCCCCC(=O)N[C@@H](Cc1cnc[nH]1)C(=O)O. The highest BCUT2D eigenvalue weighted by Crippen LogP contribution is 2.06. The van der Waals surface area contributed by atoms with E-state index in [4.69, 9.17) is 0 Å². The van der Waals surface area contributed by atoms with E-state index in [2.05, 4.69) is 70.8 Å². The number of nitrogens with zero attached hydrogens (tertiary/aromatic N) is 1. The number of allylic oxidation sites excluding steroid dienone is 8. The number of H-pyrrole nitrogens is 1. The Labute approximate surface area is 205 Å². The molecule has 0 aliphatic carbocycles. The normalized spacial score (nSPS) is 13.0. The van der Waals surface area contributed by atoms with Gasteiger partial charge in [-0.25, -0.2) is 9.78 Å². The lowest BCUT2D eigenvalue weighted by Gasteiger charge is -2.13. The molecule has 0 aliphatic rings. The molecule has 1 amide bonds. The molecule has 0 spiro atoms. The number of rotatable bonds is 20. The van der Waals surface area contributed by atoms with Crippen molar-refractivity contribution in [2.75, 3.05) is 0 Å². The van der Waals surface area contributed by atoms with Crippen LogP contribution in [0.3, 0.4) is 0 Å². The van der Waals surface area contributed by atoms with Crippen molar-refractivity contribution in [2.24, 2.45) is 0 Å². The molecule has 1 aromatic heterocycles. The second-order valence-corrected chi connectivity index (χ2v) is 8.43. The first-order valence-corrected chi connectivity index (χ1v) is 12.7. The van der Waals surface area contributed by atoms with E-state index in [1.165, 1.54) is 32.0 Å². The largest absolute Gasteiger partial charge is 0.480 e. The van der Waals surface area contributed by atoms with Gasteiger partial charge in [0, 0.05) is 24.7 Å². The van der Waals surface area contributed by atoms with Crippen molar-refractivity contribution in [2.45, 2.75) is 96.4 Å². The number of aliphatic carboxylic acids is 1. The molecular weight excluding hydrogens is 426 g/mol. The Balaban J connectivity index is 2.00. The lowest BCUT2D eigenvalue weighted by Crippen LogP contribution is -2.42. The monoisotopic (exact) mass is 469 g/mol. The lowest BCUT2D eigenvalue weighted by molar-refractivity contribution is -0.141. The highest BCUT2D eigenvalue weighted by Gasteiger charge is 2.20. The van der Waals surface area contributed by atoms with Crippen molar-refractivity contribution in [3.05, 3.63) is 66.8 Å². The topological polar surface area (TPSA) is 95.1 Å². The summed E-state index contributed by atoms with van der Waals surface area (Å²) >= 11 is 0. The first-order chi connectivity index (χ1) is 16.6. The molecule has 0 bridgehead atoms. The third kappa shape index (κ3) is 16.7. The van der Waals surface area contributed by atoms with Gasteiger partial charge in [-0.1, -0.05) is 74.8 Å². The summed E-state index contributed by atoms with van der Waals surface area (Å²) in [6.45, 7) is 2.23. The minimum atomic E-state index is -1.04. The second kappa shape index (κ2) is 20.7. The van der Waals surface area contributed by atoms with Crippen LogP contribution in [0, 0.1) is 0 Å². The molecule has 6 nitrogen and oxygen atoms in total. The smallest absolute Gasteiger partial charge is 0.326 e. The zero-order chi connectivity index (χ0) is 24.7. The number of aromatic amines is 1. The van der Waals surface area contributed by atoms with Gasteiger partial charge < -0.3 is 15.4 Å². The van der Waals surface area contributed by atoms with E-state index >= 15 is 0 Å². The summed E-state index contributed by atoms with van der Waals surface area (Å²) in [6.07, 6.45) is 33.1. The zero-order valence-electron chi connectivity index (χ0n) is 20.8. The first-order valence-electron chi connectivity index (χ1n) is 12.7.